The number of benzene rings is 2. The molecular weight excluding hydrogens is 348 g/mol. The predicted molar refractivity (Wildman–Crippen MR) is 107 cm³/mol. The standard InChI is InChI=1S/C20H26O3SSi/c1-17-10-12-20(13-11-17)24(21,22)23-15-14-19(16-25(2,3)4)18-8-6-5-7-9-18/h5-13,16H,14-15H2,1-4H3. The first-order valence-corrected chi connectivity index (χ1v) is 13.4. The minimum Gasteiger partial charge on any atom is -0.266 e. The summed E-state index contributed by atoms with van der Waals surface area (Å²) in [6.45, 7) is 8.85. The van der Waals surface area contributed by atoms with Gasteiger partial charge in [0.15, 0.2) is 0 Å². The molecule has 3 nitrogen and oxygen atoms in total. The molecule has 0 aromatic heterocycles. The van der Waals surface area contributed by atoms with Gasteiger partial charge in [0.1, 0.15) is 0 Å². The molecule has 0 N–H and O–H groups in total. The van der Waals surface area contributed by atoms with E-state index in [4.69, 9.17) is 4.18 Å². The maximum Gasteiger partial charge on any atom is 0.296 e. The van der Waals surface area contributed by atoms with Crippen LogP contribution in [0.15, 0.2) is 65.2 Å². The van der Waals surface area contributed by atoms with Crippen LogP contribution in [-0.4, -0.2) is 23.1 Å². The molecule has 2 aromatic rings. The third-order valence-corrected chi connectivity index (χ3v) is 6.21. The number of hydrogen-bond acceptors (Lipinski definition) is 3. The second-order valence-corrected chi connectivity index (χ2v) is 13.9. The second kappa shape index (κ2) is 8.12. The molecule has 2 aromatic carbocycles. The lowest BCUT2D eigenvalue weighted by Crippen LogP contribution is -2.17. The van der Waals surface area contributed by atoms with Crippen LogP contribution < -0.4 is 0 Å². The van der Waals surface area contributed by atoms with Crippen molar-refractivity contribution in [3.63, 3.8) is 0 Å². The van der Waals surface area contributed by atoms with Crippen molar-refractivity contribution in [3.8, 4) is 0 Å². The topological polar surface area (TPSA) is 43.4 Å². The van der Waals surface area contributed by atoms with Gasteiger partial charge in [-0.25, -0.2) is 0 Å². The molecule has 0 radical (unpaired) electrons. The van der Waals surface area contributed by atoms with Gasteiger partial charge in [0.05, 0.1) is 19.6 Å². The van der Waals surface area contributed by atoms with Crippen LogP contribution in [0.2, 0.25) is 19.6 Å². The van der Waals surface area contributed by atoms with Gasteiger partial charge in [-0.15, -0.1) is 0 Å². The van der Waals surface area contributed by atoms with Crippen molar-refractivity contribution in [2.45, 2.75) is 37.9 Å². The van der Waals surface area contributed by atoms with Crippen molar-refractivity contribution < 1.29 is 12.6 Å². The monoisotopic (exact) mass is 374 g/mol. The molecule has 134 valence electrons. The molecule has 0 spiro atoms. The van der Waals surface area contributed by atoms with Crippen molar-refractivity contribution in [1.29, 1.82) is 0 Å². The Morgan fingerprint density at radius 1 is 1.00 bits per heavy atom. The first-order chi connectivity index (χ1) is 11.7. The molecule has 0 fully saturated rings. The van der Waals surface area contributed by atoms with E-state index in [0.717, 1.165) is 16.7 Å². The van der Waals surface area contributed by atoms with E-state index in [-0.39, 0.29) is 11.5 Å². The van der Waals surface area contributed by atoms with Crippen molar-refractivity contribution in [3.05, 3.63) is 71.4 Å². The maximum atomic E-state index is 12.3. The molecule has 0 saturated heterocycles. The summed E-state index contributed by atoms with van der Waals surface area (Å²) in [5.74, 6) is 0. The van der Waals surface area contributed by atoms with E-state index in [1.807, 2.05) is 25.1 Å². The molecule has 0 aliphatic carbocycles. The lowest BCUT2D eigenvalue weighted by molar-refractivity contribution is 0.326. The summed E-state index contributed by atoms with van der Waals surface area (Å²) in [5, 5.41) is 0. The van der Waals surface area contributed by atoms with Crippen LogP contribution in [0.3, 0.4) is 0 Å². The zero-order valence-corrected chi connectivity index (χ0v) is 17.1. The highest BCUT2D eigenvalue weighted by Gasteiger charge is 2.17. The van der Waals surface area contributed by atoms with Crippen LogP contribution in [-0.2, 0) is 14.3 Å². The Morgan fingerprint density at radius 3 is 2.16 bits per heavy atom. The lowest BCUT2D eigenvalue weighted by atomic mass is 10.1. The van der Waals surface area contributed by atoms with Gasteiger partial charge in [-0.3, -0.25) is 4.18 Å². The summed E-state index contributed by atoms with van der Waals surface area (Å²) in [4.78, 5) is 0.202. The molecule has 2 rings (SSSR count). The minimum absolute atomic E-state index is 0.140. The van der Waals surface area contributed by atoms with E-state index >= 15 is 0 Å². The third-order valence-electron chi connectivity index (χ3n) is 3.67. The Hall–Kier alpha value is -1.69. The van der Waals surface area contributed by atoms with Crippen molar-refractivity contribution in [2.24, 2.45) is 0 Å². The Labute approximate surface area is 152 Å². The molecule has 0 amide bonds. The van der Waals surface area contributed by atoms with Crippen molar-refractivity contribution in [1.82, 2.24) is 0 Å². The van der Waals surface area contributed by atoms with E-state index in [0.29, 0.717) is 6.42 Å². The zero-order valence-electron chi connectivity index (χ0n) is 15.3. The summed E-state index contributed by atoms with van der Waals surface area (Å²) in [5.41, 5.74) is 5.60. The molecule has 0 heterocycles. The van der Waals surface area contributed by atoms with E-state index < -0.39 is 18.2 Å². The summed E-state index contributed by atoms with van der Waals surface area (Å²) in [6, 6.07) is 16.8. The van der Waals surface area contributed by atoms with Gasteiger partial charge in [-0.05, 0) is 36.6 Å². The maximum absolute atomic E-state index is 12.3. The molecule has 0 aliphatic heterocycles. The van der Waals surface area contributed by atoms with Gasteiger partial charge in [-0.1, -0.05) is 73.4 Å². The normalized spacial score (nSPS) is 13.0. The molecule has 0 saturated carbocycles. The van der Waals surface area contributed by atoms with Gasteiger partial charge < -0.3 is 0 Å². The average molecular weight is 375 g/mol. The highest BCUT2D eigenvalue weighted by Crippen LogP contribution is 2.23. The summed E-state index contributed by atoms with van der Waals surface area (Å²) in [6.07, 6.45) is 0.569. The zero-order chi connectivity index (χ0) is 18.5. The van der Waals surface area contributed by atoms with Gasteiger partial charge >= 0.3 is 0 Å². The summed E-state index contributed by atoms with van der Waals surface area (Å²) >= 11 is 0. The van der Waals surface area contributed by atoms with Crippen molar-refractivity contribution >= 4 is 23.8 Å². The fourth-order valence-electron chi connectivity index (χ4n) is 2.51. The van der Waals surface area contributed by atoms with Crippen molar-refractivity contribution in [2.75, 3.05) is 6.61 Å². The van der Waals surface area contributed by atoms with Crippen LogP contribution >= 0.6 is 0 Å². The third kappa shape index (κ3) is 6.27. The fraction of sp³-hybridized carbons (Fsp3) is 0.300. The molecule has 0 bridgehead atoms. The number of aryl methyl sites for hydroxylation is 1. The number of rotatable bonds is 7. The number of hydrogen-bond donors (Lipinski definition) is 0. The van der Waals surface area contributed by atoms with Crippen LogP contribution in [0.5, 0.6) is 0 Å². The first kappa shape index (κ1) is 19.6. The average Bonchev–Trinajstić information content (AvgIpc) is 2.54. The molecule has 0 atom stereocenters. The predicted octanol–water partition coefficient (Wildman–Crippen LogP) is 5.05. The molecule has 25 heavy (non-hydrogen) atoms. The molecule has 5 heteroatoms. The van der Waals surface area contributed by atoms with Crippen LogP contribution in [0.4, 0.5) is 0 Å². The van der Waals surface area contributed by atoms with Gasteiger partial charge in [0.25, 0.3) is 10.1 Å². The first-order valence-electron chi connectivity index (χ1n) is 8.41. The summed E-state index contributed by atoms with van der Waals surface area (Å²) < 4.78 is 29.9. The van der Waals surface area contributed by atoms with Gasteiger partial charge in [0, 0.05) is 0 Å². The van der Waals surface area contributed by atoms with E-state index in [9.17, 15) is 8.42 Å². The molecular formula is C20H26O3SSi. The van der Waals surface area contributed by atoms with Crippen LogP contribution in [0, 0.1) is 6.92 Å². The van der Waals surface area contributed by atoms with E-state index in [2.05, 4.69) is 37.5 Å². The Balaban J connectivity index is 2.11. The summed E-state index contributed by atoms with van der Waals surface area (Å²) in [7, 11) is -5.15. The fourth-order valence-corrected chi connectivity index (χ4v) is 4.77. The molecule has 0 aliphatic rings. The Bertz CT molecular complexity index is 817. The van der Waals surface area contributed by atoms with Crippen LogP contribution in [0.1, 0.15) is 17.5 Å². The lowest BCUT2D eigenvalue weighted by Gasteiger charge is -2.15. The van der Waals surface area contributed by atoms with E-state index in [1.54, 1.807) is 24.3 Å². The highest BCUT2D eigenvalue weighted by atomic mass is 32.2. The largest absolute Gasteiger partial charge is 0.296 e. The Kier molecular flexibility index (Phi) is 6.38. The minimum atomic E-state index is -3.71. The van der Waals surface area contributed by atoms with Gasteiger partial charge in [0.2, 0.25) is 0 Å². The van der Waals surface area contributed by atoms with E-state index in [1.165, 1.54) is 0 Å². The molecule has 0 unspecified atom stereocenters. The van der Waals surface area contributed by atoms with Gasteiger partial charge in [-0.2, -0.15) is 8.42 Å². The second-order valence-electron chi connectivity index (χ2n) is 7.24. The quantitative estimate of drug-likeness (QED) is 0.503. The highest BCUT2D eigenvalue weighted by molar-refractivity contribution is 7.86. The SMILES string of the molecule is Cc1ccc(S(=O)(=O)OCCC(=C[Si](C)(C)C)c2ccccc2)cc1. The smallest absolute Gasteiger partial charge is 0.266 e. The Morgan fingerprint density at radius 2 is 1.60 bits per heavy atom. The van der Waals surface area contributed by atoms with Crippen LogP contribution in [0.25, 0.3) is 5.57 Å².